The van der Waals surface area contributed by atoms with Crippen molar-refractivity contribution >= 4 is 5.91 Å². The van der Waals surface area contributed by atoms with Crippen LogP contribution in [0.4, 0.5) is 8.78 Å². The highest BCUT2D eigenvalue weighted by atomic mass is 19.3. The number of nitrogens with one attached hydrogen (secondary N) is 1. The molecule has 0 bridgehead atoms. The number of alkyl halides is 2. The Hall–Kier alpha value is -0.710. The molecule has 0 aromatic rings. The number of piperidine rings is 1. The normalized spacial score (nSPS) is 19.4. The van der Waals surface area contributed by atoms with Gasteiger partial charge in [0.25, 0.3) is 0 Å². The SMILES string of the molecule is CC(C)NC(=O)CN1CCC(C(F)F)CC1. The van der Waals surface area contributed by atoms with Crippen LogP contribution in [0.25, 0.3) is 0 Å². The molecule has 0 atom stereocenters. The lowest BCUT2D eigenvalue weighted by Gasteiger charge is -2.31. The van der Waals surface area contributed by atoms with E-state index in [9.17, 15) is 13.6 Å². The number of carbonyl (C=O) groups excluding carboxylic acids is 1. The minimum Gasteiger partial charge on any atom is -0.353 e. The fraction of sp³-hybridized carbons (Fsp3) is 0.909. The molecule has 0 saturated carbocycles. The molecule has 0 aromatic carbocycles. The molecule has 1 amide bonds. The Morgan fingerprint density at radius 3 is 2.38 bits per heavy atom. The smallest absolute Gasteiger partial charge is 0.241 e. The molecule has 1 saturated heterocycles. The number of carbonyl (C=O) groups is 1. The van der Waals surface area contributed by atoms with Gasteiger partial charge in [0.05, 0.1) is 6.54 Å². The number of likely N-dealkylation sites (tertiary alicyclic amines) is 1. The van der Waals surface area contributed by atoms with Gasteiger partial charge in [-0.25, -0.2) is 8.78 Å². The molecule has 1 N–H and O–H groups in total. The lowest BCUT2D eigenvalue weighted by molar-refractivity contribution is -0.123. The first kappa shape index (κ1) is 13.4. The summed E-state index contributed by atoms with van der Waals surface area (Å²) in [6.45, 7) is 5.33. The van der Waals surface area contributed by atoms with Gasteiger partial charge in [0.2, 0.25) is 12.3 Å². The molecule has 3 nitrogen and oxygen atoms in total. The zero-order valence-corrected chi connectivity index (χ0v) is 9.88. The first-order chi connectivity index (χ1) is 7.49. The third-order valence-corrected chi connectivity index (χ3v) is 2.81. The molecule has 1 aliphatic rings. The van der Waals surface area contributed by atoms with E-state index in [2.05, 4.69) is 5.32 Å². The predicted octanol–water partition coefficient (Wildman–Crippen LogP) is 1.49. The minimum absolute atomic E-state index is 0.0227. The summed E-state index contributed by atoms with van der Waals surface area (Å²) >= 11 is 0. The van der Waals surface area contributed by atoms with E-state index in [1.807, 2.05) is 18.7 Å². The molecule has 0 spiro atoms. The first-order valence-corrected chi connectivity index (χ1v) is 5.79. The Balaban J connectivity index is 2.24. The standard InChI is InChI=1S/C11H20F2N2O/c1-8(2)14-10(16)7-15-5-3-9(4-6-15)11(12)13/h8-9,11H,3-7H2,1-2H3,(H,14,16). The van der Waals surface area contributed by atoms with Crippen molar-refractivity contribution in [2.75, 3.05) is 19.6 Å². The summed E-state index contributed by atoms with van der Waals surface area (Å²) in [4.78, 5) is 13.4. The lowest BCUT2D eigenvalue weighted by atomic mass is 9.97. The fourth-order valence-electron chi connectivity index (χ4n) is 1.93. The van der Waals surface area contributed by atoms with Crippen LogP contribution >= 0.6 is 0 Å². The van der Waals surface area contributed by atoms with E-state index in [1.165, 1.54) is 0 Å². The van der Waals surface area contributed by atoms with Crippen LogP contribution in [-0.4, -0.2) is 42.9 Å². The number of hydrogen-bond donors (Lipinski definition) is 1. The summed E-state index contributed by atoms with van der Waals surface area (Å²) in [6.07, 6.45) is -1.23. The van der Waals surface area contributed by atoms with Crippen LogP contribution in [0.1, 0.15) is 26.7 Å². The molecule has 5 heteroatoms. The van der Waals surface area contributed by atoms with Crippen molar-refractivity contribution in [1.29, 1.82) is 0 Å². The van der Waals surface area contributed by atoms with Crippen molar-refractivity contribution in [3.8, 4) is 0 Å². The topological polar surface area (TPSA) is 32.3 Å². The summed E-state index contributed by atoms with van der Waals surface area (Å²) in [7, 11) is 0. The highest BCUT2D eigenvalue weighted by Crippen LogP contribution is 2.23. The number of amides is 1. The Morgan fingerprint density at radius 2 is 1.94 bits per heavy atom. The molecule has 0 aromatic heterocycles. The van der Waals surface area contributed by atoms with E-state index in [0.29, 0.717) is 32.5 Å². The second-order valence-corrected chi connectivity index (χ2v) is 4.67. The Bertz CT molecular complexity index is 226. The zero-order chi connectivity index (χ0) is 12.1. The molecule has 16 heavy (non-hydrogen) atoms. The van der Waals surface area contributed by atoms with Gasteiger partial charge < -0.3 is 5.32 Å². The molecule has 1 aliphatic heterocycles. The van der Waals surface area contributed by atoms with Crippen molar-refractivity contribution < 1.29 is 13.6 Å². The van der Waals surface area contributed by atoms with Crippen LogP contribution < -0.4 is 5.32 Å². The van der Waals surface area contributed by atoms with Crippen LogP contribution in [0, 0.1) is 5.92 Å². The second-order valence-electron chi connectivity index (χ2n) is 4.67. The number of hydrogen-bond acceptors (Lipinski definition) is 2. The molecule has 0 aliphatic carbocycles. The van der Waals surface area contributed by atoms with Crippen LogP contribution in [0.5, 0.6) is 0 Å². The fourth-order valence-corrected chi connectivity index (χ4v) is 1.93. The summed E-state index contributed by atoms with van der Waals surface area (Å²) < 4.78 is 24.8. The van der Waals surface area contributed by atoms with E-state index >= 15 is 0 Å². The van der Waals surface area contributed by atoms with Gasteiger partial charge in [-0.15, -0.1) is 0 Å². The molecule has 1 heterocycles. The summed E-state index contributed by atoms with van der Waals surface area (Å²) in [6, 6.07) is 0.131. The van der Waals surface area contributed by atoms with E-state index in [0.717, 1.165) is 0 Å². The molecule has 0 radical (unpaired) electrons. The average Bonchev–Trinajstić information content (AvgIpc) is 2.16. The largest absolute Gasteiger partial charge is 0.353 e. The van der Waals surface area contributed by atoms with Crippen LogP contribution in [0.15, 0.2) is 0 Å². The lowest BCUT2D eigenvalue weighted by Crippen LogP contribution is -2.44. The monoisotopic (exact) mass is 234 g/mol. The van der Waals surface area contributed by atoms with Gasteiger partial charge in [-0.2, -0.15) is 0 Å². The third-order valence-electron chi connectivity index (χ3n) is 2.81. The number of halogens is 2. The van der Waals surface area contributed by atoms with Gasteiger partial charge in [-0.05, 0) is 39.8 Å². The highest BCUT2D eigenvalue weighted by molar-refractivity contribution is 5.78. The second kappa shape index (κ2) is 6.13. The van der Waals surface area contributed by atoms with Gasteiger partial charge >= 0.3 is 0 Å². The van der Waals surface area contributed by atoms with Crippen LogP contribution in [0.3, 0.4) is 0 Å². The molecular weight excluding hydrogens is 214 g/mol. The summed E-state index contributed by atoms with van der Waals surface area (Å²) in [5, 5.41) is 2.80. The van der Waals surface area contributed by atoms with Gasteiger partial charge in [-0.1, -0.05) is 0 Å². The maximum absolute atomic E-state index is 12.4. The maximum atomic E-state index is 12.4. The molecule has 1 rings (SSSR count). The van der Waals surface area contributed by atoms with E-state index in [-0.39, 0.29) is 11.9 Å². The number of nitrogens with zero attached hydrogens (tertiary/aromatic N) is 1. The summed E-state index contributed by atoms with van der Waals surface area (Å²) in [5.41, 5.74) is 0. The first-order valence-electron chi connectivity index (χ1n) is 5.79. The van der Waals surface area contributed by atoms with E-state index in [1.54, 1.807) is 0 Å². The molecular formula is C11H20F2N2O. The van der Waals surface area contributed by atoms with Crippen molar-refractivity contribution in [2.24, 2.45) is 5.92 Å². The van der Waals surface area contributed by atoms with E-state index in [4.69, 9.17) is 0 Å². The highest BCUT2D eigenvalue weighted by Gasteiger charge is 2.26. The van der Waals surface area contributed by atoms with Gasteiger partial charge in [0, 0.05) is 12.0 Å². The predicted molar refractivity (Wildman–Crippen MR) is 58.4 cm³/mol. The Labute approximate surface area is 95.2 Å². The van der Waals surface area contributed by atoms with Crippen molar-refractivity contribution in [3.63, 3.8) is 0 Å². The molecule has 0 unspecified atom stereocenters. The zero-order valence-electron chi connectivity index (χ0n) is 9.88. The molecule has 1 fully saturated rings. The maximum Gasteiger partial charge on any atom is 0.241 e. The summed E-state index contributed by atoms with van der Waals surface area (Å²) in [5.74, 6) is -0.505. The van der Waals surface area contributed by atoms with Gasteiger partial charge in [-0.3, -0.25) is 9.69 Å². The van der Waals surface area contributed by atoms with Crippen LogP contribution in [-0.2, 0) is 4.79 Å². The molecule has 94 valence electrons. The third kappa shape index (κ3) is 4.43. The van der Waals surface area contributed by atoms with Crippen molar-refractivity contribution in [2.45, 2.75) is 39.2 Å². The Morgan fingerprint density at radius 1 is 1.38 bits per heavy atom. The number of rotatable bonds is 4. The van der Waals surface area contributed by atoms with Crippen LogP contribution in [0.2, 0.25) is 0 Å². The average molecular weight is 234 g/mol. The Kier molecular flexibility index (Phi) is 5.12. The quantitative estimate of drug-likeness (QED) is 0.799. The van der Waals surface area contributed by atoms with Gasteiger partial charge in [0.15, 0.2) is 0 Å². The van der Waals surface area contributed by atoms with E-state index < -0.39 is 12.3 Å². The van der Waals surface area contributed by atoms with Crippen molar-refractivity contribution in [1.82, 2.24) is 10.2 Å². The van der Waals surface area contributed by atoms with Crippen molar-refractivity contribution in [3.05, 3.63) is 0 Å². The minimum atomic E-state index is -2.22. The van der Waals surface area contributed by atoms with Gasteiger partial charge in [0.1, 0.15) is 0 Å².